The normalized spacial score (nSPS) is 31.1. The van der Waals surface area contributed by atoms with E-state index < -0.39 is 11.6 Å². The second-order valence-electron chi connectivity index (χ2n) is 9.98. The second-order valence-corrected chi connectivity index (χ2v) is 9.98. The predicted octanol–water partition coefficient (Wildman–Crippen LogP) is 4.12. The van der Waals surface area contributed by atoms with Gasteiger partial charge in [-0.1, -0.05) is 58.3 Å². The summed E-state index contributed by atoms with van der Waals surface area (Å²) in [4.78, 5) is 15.5. The van der Waals surface area contributed by atoms with Gasteiger partial charge in [0, 0.05) is 12.6 Å². The van der Waals surface area contributed by atoms with Gasteiger partial charge in [-0.3, -0.25) is 9.69 Å². The molecule has 3 fully saturated rings. The molecule has 3 rings (SSSR count). The van der Waals surface area contributed by atoms with Gasteiger partial charge < -0.3 is 11.1 Å². The van der Waals surface area contributed by atoms with E-state index in [0.29, 0.717) is 24.3 Å². The first-order valence-electron chi connectivity index (χ1n) is 12.3. The van der Waals surface area contributed by atoms with Gasteiger partial charge in [0.15, 0.2) is 0 Å². The Balaban J connectivity index is 1.63. The van der Waals surface area contributed by atoms with Crippen LogP contribution in [0.5, 0.6) is 0 Å². The van der Waals surface area contributed by atoms with E-state index >= 15 is 0 Å². The summed E-state index contributed by atoms with van der Waals surface area (Å²) in [6.45, 7) is 4.23. The molecule has 0 aromatic rings. The van der Waals surface area contributed by atoms with Crippen LogP contribution in [0.1, 0.15) is 96.8 Å². The van der Waals surface area contributed by atoms with E-state index in [-0.39, 0.29) is 5.91 Å². The van der Waals surface area contributed by atoms with Gasteiger partial charge in [-0.15, -0.1) is 0 Å². The smallest absolute Gasteiger partial charge is 0.238 e. The van der Waals surface area contributed by atoms with Gasteiger partial charge in [-0.2, -0.15) is 5.26 Å². The van der Waals surface area contributed by atoms with Crippen LogP contribution >= 0.6 is 0 Å². The summed E-state index contributed by atoms with van der Waals surface area (Å²) < 4.78 is 0. The molecule has 1 aliphatic heterocycles. The van der Waals surface area contributed by atoms with Crippen LogP contribution in [-0.4, -0.2) is 41.5 Å². The van der Waals surface area contributed by atoms with E-state index in [4.69, 9.17) is 5.73 Å². The van der Waals surface area contributed by atoms with Gasteiger partial charge in [-0.05, 0) is 56.9 Å². The average Bonchev–Trinajstić information content (AvgIpc) is 2.76. The lowest BCUT2D eigenvalue weighted by atomic mass is 9.74. The summed E-state index contributed by atoms with van der Waals surface area (Å²) in [5, 5.41) is 13.3. The fourth-order valence-corrected chi connectivity index (χ4v) is 6.10. The number of nitrogens with one attached hydrogen (secondary N) is 1. The summed E-state index contributed by atoms with van der Waals surface area (Å²) in [7, 11) is 0. The number of hydrogen-bond donors (Lipinski definition) is 2. The molecule has 164 valence electrons. The first kappa shape index (κ1) is 22.6. The van der Waals surface area contributed by atoms with Gasteiger partial charge in [-0.25, -0.2) is 0 Å². The Morgan fingerprint density at radius 2 is 1.83 bits per heavy atom. The molecule has 3 aliphatic rings. The Morgan fingerprint density at radius 1 is 1.17 bits per heavy atom. The van der Waals surface area contributed by atoms with Crippen molar-refractivity contribution in [2.45, 2.75) is 114 Å². The third-order valence-corrected chi connectivity index (χ3v) is 7.78. The number of rotatable bonds is 7. The molecular weight excluding hydrogens is 360 g/mol. The van der Waals surface area contributed by atoms with Crippen molar-refractivity contribution < 1.29 is 4.79 Å². The Labute approximate surface area is 177 Å². The van der Waals surface area contributed by atoms with Crippen LogP contribution in [0.3, 0.4) is 0 Å². The summed E-state index contributed by atoms with van der Waals surface area (Å²) in [5.74, 6) is 1.13. The van der Waals surface area contributed by atoms with E-state index in [1.54, 1.807) is 0 Å². The number of nitrogens with zero attached hydrogens (tertiary/aromatic N) is 2. The molecule has 0 bridgehead atoms. The highest BCUT2D eigenvalue weighted by atomic mass is 16.2. The maximum absolute atomic E-state index is 12.9. The molecule has 1 amide bonds. The highest BCUT2D eigenvalue weighted by Gasteiger charge is 2.44. The fourth-order valence-electron chi connectivity index (χ4n) is 6.10. The Hall–Kier alpha value is -1.12. The molecule has 3 unspecified atom stereocenters. The van der Waals surface area contributed by atoms with E-state index in [1.165, 1.54) is 64.2 Å². The molecule has 5 heteroatoms. The zero-order chi connectivity index (χ0) is 20.7. The molecule has 2 aliphatic carbocycles. The predicted molar refractivity (Wildman–Crippen MR) is 117 cm³/mol. The number of hydrogen-bond acceptors (Lipinski definition) is 4. The molecule has 0 spiro atoms. The minimum absolute atomic E-state index is 0.108. The lowest BCUT2D eigenvalue weighted by Crippen LogP contribution is -2.61. The number of likely N-dealkylation sites (tertiary alicyclic amines) is 1. The van der Waals surface area contributed by atoms with Crippen molar-refractivity contribution in [2.24, 2.45) is 17.6 Å². The first-order valence-corrected chi connectivity index (χ1v) is 12.3. The van der Waals surface area contributed by atoms with E-state index in [9.17, 15) is 10.1 Å². The highest BCUT2D eigenvalue weighted by Crippen LogP contribution is 2.37. The Bertz CT molecular complexity index is 557. The van der Waals surface area contributed by atoms with Gasteiger partial charge in [0.05, 0.1) is 12.1 Å². The largest absolute Gasteiger partial charge is 0.336 e. The van der Waals surface area contributed by atoms with Crippen LogP contribution in [0.2, 0.25) is 0 Å². The summed E-state index contributed by atoms with van der Waals surface area (Å²) in [6.07, 6.45) is 16.1. The Kier molecular flexibility index (Phi) is 8.38. The molecule has 5 nitrogen and oxygen atoms in total. The number of nitrogens with two attached hydrogens (primary N) is 1. The maximum atomic E-state index is 12.9. The number of piperidine rings is 1. The van der Waals surface area contributed by atoms with E-state index in [2.05, 4.69) is 23.2 Å². The number of nitriles is 1. The molecule has 3 atom stereocenters. The topological polar surface area (TPSA) is 82.2 Å². The molecule has 1 saturated heterocycles. The van der Waals surface area contributed by atoms with Crippen molar-refractivity contribution in [1.82, 2.24) is 10.2 Å². The average molecular weight is 403 g/mol. The fraction of sp³-hybridized carbons (Fsp3) is 0.917. The van der Waals surface area contributed by atoms with Crippen molar-refractivity contribution >= 4 is 5.91 Å². The molecule has 1 heterocycles. The van der Waals surface area contributed by atoms with Crippen LogP contribution in [-0.2, 0) is 4.79 Å². The Morgan fingerprint density at radius 3 is 2.45 bits per heavy atom. The van der Waals surface area contributed by atoms with Crippen molar-refractivity contribution in [1.29, 1.82) is 5.26 Å². The molecule has 0 aromatic carbocycles. The van der Waals surface area contributed by atoms with Gasteiger partial charge >= 0.3 is 0 Å². The van der Waals surface area contributed by atoms with Crippen molar-refractivity contribution in [3.63, 3.8) is 0 Å². The number of carbonyl (C=O) groups excluding carboxylic acids is 1. The molecule has 0 aromatic heterocycles. The SMILES string of the molecule is CCCN1CCC(C#N)(NC(=O)C(N)CC2CCCCC2)CC1C1CCCCC1. The minimum Gasteiger partial charge on any atom is -0.336 e. The quantitative estimate of drug-likeness (QED) is 0.671. The standard InChI is InChI=1S/C24H42N4O/c1-2-14-28-15-13-24(18-25,17-22(28)20-11-7-4-8-12-20)27-23(29)21(26)16-19-9-5-3-6-10-19/h19-22H,2-17,26H2,1H3,(H,27,29). The van der Waals surface area contributed by atoms with Gasteiger partial charge in [0.2, 0.25) is 5.91 Å². The summed E-state index contributed by atoms with van der Waals surface area (Å²) in [5.41, 5.74) is 5.56. The van der Waals surface area contributed by atoms with Gasteiger partial charge in [0.25, 0.3) is 0 Å². The zero-order valence-electron chi connectivity index (χ0n) is 18.5. The van der Waals surface area contributed by atoms with Crippen LogP contribution in [0.25, 0.3) is 0 Å². The molecule has 3 N–H and O–H groups in total. The third kappa shape index (κ3) is 5.95. The second kappa shape index (κ2) is 10.8. The van der Waals surface area contributed by atoms with Crippen LogP contribution < -0.4 is 11.1 Å². The maximum Gasteiger partial charge on any atom is 0.238 e. The van der Waals surface area contributed by atoms with Crippen LogP contribution in [0, 0.1) is 23.2 Å². The van der Waals surface area contributed by atoms with Crippen LogP contribution in [0.15, 0.2) is 0 Å². The van der Waals surface area contributed by atoms with Crippen molar-refractivity contribution in [3.05, 3.63) is 0 Å². The van der Waals surface area contributed by atoms with Gasteiger partial charge in [0.1, 0.15) is 5.54 Å². The number of amides is 1. The first-order chi connectivity index (χ1) is 14.1. The summed E-state index contributed by atoms with van der Waals surface area (Å²) in [6, 6.07) is 2.46. The molecule has 0 radical (unpaired) electrons. The minimum atomic E-state index is -0.742. The van der Waals surface area contributed by atoms with Crippen molar-refractivity contribution in [2.75, 3.05) is 13.1 Å². The molecular formula is C24H42N4O. The molecule has 2 saturated carbocycles. The third-order valence-electron chi connectivity index (χ3n) is 7.78. The lowest BCUT2D eigenvalue weighted by Gasteiger charge is -2.47. The van der Waals surface area contributed by atoms with Crippen LogP contribution in [0.4, 0.5) is 0 Å². The number of carbonyl (C=O) groups is 1. The molecule has 29 heavy (non-hydrogen) atoms. The monoisotopic (exact) mass is 402 g/mol. The van der Waals surface area contributed by atoms with E-state index in [1.807, 2.05) is 0 Å². The zero-order valence-corrected chi connectivity index (χ0v) is 18.5. The lowest BCUT2D eigenvalue weighted by molar-refractivity contribution is -0.125. The highest BCUT2D eigenvalue weighted by molar-refractivity contribution is 5.82. The summed E-state index contributed by atoms with van der Waals surface area (Å²) >= 11 is 0. The van der Waals surface area contributed by atoms with E-state index in [0.717, 1.165) is 32.4 Å². The van der Waals surface area contributed by atoms with Crippen molar-refractivity contribution in [3.8, 4) is 6.07 Å².